The standard InChI is InChI=1S/C22H21N5O3S2/c1-2-13-5-7-14(8-6-13)15-11-31-20-18(15)21(29)27(12-23-20)10-17(28)24-22-26-25-19(32-22)16-4-3-9-30-16/h5-8,11-12,16H,2-4,9-10H2,1H3,(H,24,26,28). The molecule has 3 aromatic heterocycles. The van der Waals surface area contributed by atoms with Crippen molar-refractivity contribution in [2.45, 2.75) is 38.8 Å². The number of anilines is 1. The van der Waals surface area contributed by atoms with E-state index in [9.17, 15) is 9.59 Å². The number of nitrogens with one attached hydrogen (secondary N) is 1. The van der Waals surface area contributed by atoms with Gasteiger partial charge in [0.05, 0.1) is 11.7 Å². The molecule has 1 aliphatic rings. The van der Waals surface area contributed by atoms with Gasteiger partial charge in [-0.25, -0.2) is 4.98 Å². The first kappa shape index (κ1) is 20.9. The van der Waals surface area contributed by atoms with Gasteiger partial charge in [-0.2, -0.15) is 0 Å². The molecule has 0 aliphatic carbocycles. The van der Waals surface area contributed by atoms with Gasteiger partial charge in [0.15, 0.2) is 0 Å². The van der Waals surface area contributed by atoms with Gasteiger partial charge in [0, 0.05) is 17.6 Å². The molecular weight excluding hydrogens is 446 g/mol. The maximum Gasteiger partial charge on any atom is 0.263 e. The van der Waals surface area contributed by atoms with Crippen LogP contribution in [0.15, 0.2) is 40.8 Å². The van der Waals surface area contributed by atoms with Crippen LogP contribution in [0, 0.1) is 0 Å². The Labute approximate surface area is 191 Å². The Bertz CT molecular complexity index is 1320. The SMILES string of the molecule is CCc1ccc(-c2csc3ncn(CC(=O)Nc4nnc(C5CCCO5)s4)c(=O)c23)cc1. The molecule has 32 heavy (non-hydrogen) atoms. The fourth-order valence-corrected chi connectivity index (χ4v) is 5.46. The van der Waals surface area contributed by atoms with Crippen LogP contribution in [0.5, 0.6) is 0 Å². The highest BCUT2D eigenvalue weighted by Gasteiger charge is 2.22. The van der Waals surface area contributed by atoms with Crippen LogP contribution in [0.2, 0.25) is 0 Å². The van der Waals surface area contributed by atoms with Gasteiger partial charge in [-0.1, -0.05) is 42.5 Å². The normalized spacial score (nSPS) is 16.0. The van der Waals surface area contributed by atoms with E-state index in [1.54, 1.807) is 0 Å². The van der Waals surface area contributed by atoms with Gasteiger partial charge in [-0.05, 0) is 30.4 Å². The van der Waals surface area contributed by atoms with Crippen molar-refractivity contribution in [3.05, 3.63) is 56.9 Å². The van der Waals surface area contributed by atoms with Crippen molar-refractivity contribution in [3.8, 4) is 11.1 Å². The molecule has 1 atom stereocenters. The molecule has 10 heteroatoms. The number of fused-ring (bicyclic) bond motifs is 1. The molecule has 0 saturated carbocycles. The third kappa shape index (κ3) is 4.08. The summed E-state index contributed by atoms with van der Waals surface area (Å²) in [4.78, 5) is 30.8. The largest absolute Gasteiger partial charge is 0.371 e. The smallest absolute Gasteiger partial charge is 0.263 e. The van der Waals surface area contributed by atoms with Gasteiger partial charge >= 0.3 is 0 Å². The van der Waals surface area contributed by atoms with Crippen molar-refractivity contribution in [3.63, 3.8) is 0 Å². The second-order valence-corrected chi connectivity index (χ2v) is 9.42. The molecule has 8 nitrogen and oxygen atoms in total. The van der Waals surface area contributed by atoms with E-state index in [-0.39, 0.29) is 24.1 Å². The number of aryl methyl sites for hydroxylation is 1. The number of benzene rings is 1. The number of amides is 1. The van der Waals surface area contributed by atoms with Crippen molar-refractivity contribution in [1.82, 2.24) is 19.7 Å². The van der Waals surface area contributed by atoms with Crippen LogP contribution < -0.4 is 10.9 Å². The summed E-state index contributed by atoms with van der Waals surface area (Å²) >= 11 is 2.72. The summed E-state index contributed by atoms with van der Waals surface area (Å²) < 4.78 is 6.93. The van der Waals surface area contributed by atoms with Gasteiger partial charge in [0.1, 0.15) is 22.5 Å². The summed E-state index contributed by atoms with van der Waals surface area (Å²) in [5.74, 6) is -0.354. The fourth-order valence-electron chi connectivity index (χ4n) is 3.71. The van der Waals surface area contributed by atoms with Crippen molar-refractivity contribution < 1.29 is 9.53 Å². The number of ether oxygens (including phenoxy) is 1. The van der Waals surface area contributed by atoms with Crippen LogP contribution in [-0.2, 0) is 22.5 Å². The molecule has 1 saturated heterocycles. The first-order valence-corrected chi connectivity index (χ1v) is 12.1. The predicted molar refractivity (Wildman–Crippen MR) is 125 cm³/mol. The van der Waals surface area contributed by atoms with Gasteiger partial charge < -0.3 is 4.74 Å². The Morgan fingerprint density at radius 1 is 1.28 bits per heavy atom. The molecule has 0 spiro atoms. The van der Waals surface area contributed by atoms with Crippen LogP contribution in [0.25, 0.3) is 21.3 Å². The third-order valence-corrected chi connectivity index (χ3v) is 7.26. The average Bonchev–Trinajstić information content (AvgIpc) is 3.56. The van der Waals surface area contributed by atoms with Crippen LogP contribution in [-0.4, -0.2) is 32.3 Å². The lowest BCUT2D eigenvalue weighted by Crippen LogP contribution is -2.27. The highest BCUT2D eigenvalue weighted by Crippen LogP contribution is 2.32. The van der Waals surface area contributed by atoms with Gasteiger partial charge in [-0.3, -0.25) is 19.5 Å². The maximum absolute atomic E-state index is 13.2. The molecular formula is C22H21N5O3S2. The number of rotatable bonds is 6. The monoisotopic (exact) mass is 467 g/mol. The number of carbonyl (C=O) groups is 1. The summed E-state index contributed by atoms with van der Waals surface area (Å²) in [7, 11) is 0. The Morgan fingerprint density at radius 2 is 2.12 bits per heavy atom. The van der Waals surface area contributed by atoms with Crippen LogP contribution in [0.3, 0.4) is 0 Å². The molecule has 1 aliphatic heterocycles. The highest BCUT2D eigenvalue weighted by molar-refractivity contribution is 7.17. The zero-order valence-electron chi connectivity index (χ0n) is 17.4. The number of nitrogens with zero attached hydrogens (tertiary/aromatic N) is 4. The first-order chi connectivity index (χ1) is 15.6. The first-order valence-electron chi connectivity index (χ1n) is 10.4. The van der Waals surface area contributed by atoms with E-state index in [2.05, 4.69) is 39.6 Å². The summed E-state index contributed by atoms with van der Waals surface area (Å²) in [6.45, 7) is 2.67. The zero-order chi connectivity index (χ0) is 22.1. The second kappa shape index (κ2) is 8.89. The number of hydrogen-bond donors (Lipinski definition) is 1. The van der Waals surface area contributed by atoms with E-state index in [0.717, 1.165) is 42.0 Å². The Morgan fingerprint density at radius 3 is 2.88 bits per heavy atom. The van der Waals surface area contributed by atoms with E-state index in [1.165, 1.54) is 39.1 Å². The lowest BCUT2D eigenvalue weighted by Gasteiger charge is -2.06. The minimum absolute atomic E-state index is 0.0456. The van der Waals surface area contributed by atoms with Crippen molar-refractivity contribution >= 4 is 43.9 Å². The van der Waals surface area contributed by atoms with Gasteiger partial charge in [0.25, 0.3) is 5.56 Å². The molecule has 0 radical (unpaired) electrons. The molecule has 1 aromatic carbocycles. The van der Waals surface area contributed by atoms with Gasteiger partial charge in [-0.15, -0.1) is 21.5 Å². The Hall–Kier alpha value is -2.95. The minimum Gasteiger partial charge on any atom is -0.371 e. The van der Waals surface area contributed by atoms with Crippen molar-refractivity contribution in [1.29, 1.82) is 0 Å². The van der Waals surface area contributed by atoms with Crippen LogP contribution in [0.4, 0.5) is 5.13 Å². The molecule has 4 aromatic rings. The maximum atomic E-state index is 13.2. The minimum atomic E-state index is -0.354. The fraction of sp³-hybridized carbons (Fsp3) is 0.318. The predicted octanol–water partition coefficient (Wildman–Crippen LogP) is 4.03. The Balaban J connectivity index is 1.36. The number of carbonyl (C=O) groups excluding carboxylic acids is 1. The summed E-state index contributed by atoms with van der Waals surface area (Å²) in [6.07, 6.45) is 4.24. The molecule has 0 bridgehead atoms. The number of thiophene rings is 1. The highest BCUT2D eigenvalue weighted by atomic mass is 32.1. The third-order valence-electron chi connectivity index (χ3n) is 5.44. The summed E-state index contributed by atoms with van der Waals surface area (Å²) in [5.41, 5.74) is 2.80. The molecule has 164 valence electrons. The lowest BCUT2D eigenvalue weighted by molar-refractivity contribution is -0.116. The van der Waals surface area contributed by atoms with Crippen molar-refractivity contribution in [2.75, 3.05) is 11.9 Å². The second-order valence-electron chi connectivity index (χ2n) is 7.55. The van der Waals surface area contributed by atoms with Crippen LogP contribution >= 0.6 is 22.7 Å². The van der Waals surface area contributed by atoms with E-state index < -0.39 is 0 Å². The summed E-state index contributed by atoms with van der Waals surface area (Å²) in [5, 5.41) is 14.5. The van der Waals surface area contributed by atoms with Gasteiger partial charge in [0.2, 0.25) is 11.0 Å². The number of hydrogen-bond acceptors (Lipinski definition) is 8. The molecule has 1 unspecified atom stereocenters. The summed E-state index contributed by atoms with van der Waals surface area (Å²) in [6, 6.07) is 8.16. The molecule has 4 heterocycles. The lowest BCUT2D eigenvalue weighted by atomic mass is 10.0. The van der Waals surface area contributed by atoms with E-state index >= 15 is 0 Å². The molecule has 1 N–H and O–H groups in total. The topological polar surface area (TPSA) is 99.0 Å². The zero-order valence-corrected chi connectivity index (χ0v) is 19.0. The molecule has 1 fully saturated rings. The molecule has 1 amide bonds. The molecule has 5 rings (SSSR count). The number of aromatic nitrogens is 4. The van der Waals surface area contributed by atoms with Crippen molar-refractivity contribution in [2.24, 2.45) is 0 Å². The van der Waals surface area contributed by atoms with E-state index in [4.69, 9.17) is 4.74 Å². The Kier molecular flexibility index (Phi) is 5.81. The average molecular weight is 468 g/mol. The van der Waals surface area contributed by atoms with Crippen LogP contribution in [0.1, 0.15) is 36.4 Å². The van der Waals surface area contributed by atoms with E-state index in [0.29, 0.717) is 15.3 Å². The quantitative estimate of drug-likeness (QED) is 0.460. The van der Waals surface area contributed by atoms with E-state index in [1.807, 2.05) is 17.5 Å².